The van der Waals surface area contributed by atoms with Gasteiger partial charge >= 0.3 is 12.2 Å². The van der Waals surface area contributed by atoms with Crippen LogP contribution in [0.2, 0.25) is 0 Å². The predicted octanol–water partition coefficient (Wildman–Crippen LogP) is 2.04. The highest BCUT2D eigenvalue weighted by molar-refractivity contribution is 5.73. The van der Waals surface area contributed by atoms with E-state index in [1.165, 1.54) is 0 Å². The third kappa shape index (κ3) is 4.17. The molecule has 0 fully saturated rings. The summed E-state index contributed by atoms with van der Waals surface area (Å²) in [5.74, 6) is 0.546. The number of amides is 2. The van der Waals surface area contributed by atoms with Gasteiger partial charge in [-0.05, 0) is 12.3 Å². The third-order valence-corrected chi connectivity index (χ3v) is 4.46. The first-order chi connectivity index (χ1) is 12.2. The molecule has 1 atom stereocenters. The number of urea groups is 1. The number of aromatic nitrogens is 4. The van der Waals surface area contributed by atoms with Crippen molar-refractivity contribution in [1.29, 1.82) is 0 Å². The number of rotatable bonds is 4. The monoisotopic (exact) mass is 370 g/mol. The Balaban J connectivity index is 1.52. The van der Waals surface area contributed by atoms with Crippen molar-refractivity contribution >= 4 is 6.03 Å². The Labute approximate surface area is 148 Å². The van der Waals surface area contributed by atoms with Crippen LogP contribution in [0.4, 0.5) is 18.0 Å². The number of nitrogens with one attached hydrogen (secondary N) is 1. The molecule has 2 aromatic rings. The molecule has 1 N–H and O–H groups in total. The van der Waals surface area contributed by atoms with Gasteiger partial charge in [0, 0.05) is 58.1 Å². The van der Waals surface area contributed by atoms with Crippen LogP contribution in [0.3, 0.4) is 0 Å². The molecule has 7 nitrogen and oxygen atoms in total. The van der Waals surface area contributed by atoms with E-state index in [2.05, 4.69) is 15.4 Å². The fourth-order valence-corrected chi connectivity index (χ4v) is 3.15. The Morgan fingerprint density at radius 1 is 1.42 bits per heavy atom. The topological polar surface area (TPSA) is 68.0 Å². The maximum absolute atomic E-state index is 12.8. The molecule has 0 bridgehead atoms. The van der Waals surface area contributed by atoms with Gasteiger partial charge in [-0.1, -0.05) is 0 Å². The highest BCUT2D eigenvalue weighted by Gasteiger charge is 2.35. The Hall–Kier alpha value is -2.52. The standard InChI is InChI=1S/C16H21F3N6O/c1-23(15(26)20-5-12-6-21-24(2)8-12)7-11-3-4-14-22-13(16(17,18)19)10-25(14)9-11/h6,8,10-11H,3-5,7,9H2,1-2H3,(H,20,26)/t11-/m0/s1. The van der Waals surface area contributed by atoms with Gasteiger partial charge in [0.15, 0.2) is 5.69 Å². The first kappa shape index (κ1) is 18.3. The number of hydrogen-bond acceptors (Lipinski definition) is 3. The van der Waals surface area contributed by atoms with E-state index in [-0.39, 0.29) is 11.9 Å². The van der Waals surface area contributed by atoms with Gasteiger partial charge in [0.1, 0.15) is 5.82 Å². The highest BCUT2D eigenvalue weighted by Crippen LogP contribution is 2.30. The van der Waals surface area contributed by atoms with Crippen LogP contribution < -0.4 is 5.32 Å². The largest absolute Gasteiger partial charge is 0.434 e. The molecule has 1 aliphatic rings. The van der Waals surface area contributed by atoms with Crippen molar-refractivity contribution in [3.05, 3.63) is 35.7 Å². The zero-order valence-corrected chi connectivity index (χ0v) is 14.6. The Morgan fingerprint density at radius 2 is 2.19 bits per heavy atom. The number of carbonyl (C=O) groups is 1. The van der Waals surface area contributed by atoms with Gasteiger partial charge in [0.25, 0.3) is 0 Å². The smallest absolute Gasteiger partial charge is 0.334 e. The molecule has 2 amide bonds. The van der Waals surface area contributed by atoms with E-state index in [9.17, 15) is 18.0 Å². The van der Waals surface area contributed by atoms with Gasteiger partial charge in [-0.3, -0.25) is 4.68 Å². The Bertz CT molecular complexity index is 781. The summed E-state index contributed by atoms with van der Waals surface area (Å²) >= 11 is 0. The quantitative estimate of drug-likeness (QED) is 0.896. The first-order valence-electron chi connectivity index (χ1n) is 8.32. The molecule has 0 unspecified atom stereocenters. The molecule has 0 aromatic carbocycles. The number of imidazole rings is 1. The van der Waals surface area contributed by atoms with E-state index >= 15 is 0 Å². The first-order valence-corrected chi connectivity index (χ1v) is 8.32. The SMILES string of the molecule is CN(C[C@@H]1CCc2nc(C(F)(F)F)cn2C1)C(=O)NCc1cnn(C)c1. The maximum atomic E-state index is 12.8. The average molecular weight is 370 g/mol. The molecular formula is C16H21F3N6O. The number of hydrogen-bond donors (Lipinski definition) is 1. The third-order valence-electron chi connectivity index (χ3n) is 4.46. The molecular weight excluding hydrogens is 349 g/mol. The molecule has 142 valence electrons. The normalized spacial score (nSPS) is 17.0. The molecule has 26 heavy (non-hydrogen) atoms. The summed E-state index contributed by atoms with van der Waals surface area (Å²) < 4.78 is 41.5. The summed E-state index contributed by atoms with van der Waals surface area (Å²) in [5.41, 5.74) is 0.0466. The molecule has 10 heteroatoms. The fourth-order valence-electron chi connectivity index (χ4n) is 3.15. The highest BCUT2D eigenvalue weighted by atomic mass is 19.4. The van der Waals surface area contributed by atoms with Crippen LogP contribution >= 0.6 is 0 Å². The van der Waals surface area contributed by atoms with Crippen molar-refractivity contribution in [3.63, 3.8) is 0 Å². The molecule has 0 spiro atoms. The zero-order chi connectivity index (χ0) is 18.9. The van der Waals surface area contributed by atoms with Gasteiger partial charge in [-0.15, -0.1) is 0 Å². The zero-order valence-electron chi connectivity index (χ0n) is 14.6. The minimum Gasteiger partial charge on any atom is -0.334 e. The molecule has 3 rings (SSSR count). The second-order valence-electron chi connectivity index (χ2n) is 6.66. The van der Waals surface area contributed by atoms with E-state index in [0.29, 0.717) is 38.3 Å². The predicted molar refractivity (Wildman–Crippen MR) is 87.1 cm³/mol. The van der Waals surface area contributed by atoms with Crippen molar-refractivity contribution < 1.29 is 18.0 Å². The number of alkyl halides is 3. The van der Waals surface area contributed by atoms with Crippen LogP contribution in [0.1, 0.15) is 23.5 Å². The van der Waals surface area contributed by atoms with Gasteiger partial charge < -0.3 is 14.8 Å². The van der Waals surface area contributed by atoms with E-state index < -0.39 is 11.9 Å². The number of aryl methyl sites for hydroxylation is 2. The molecule has 1 aliphatic heterocycles. The van der Waals surface area contributed by atoms with Crippen LogP contribution in [0.5, 0.6) is 0 Å². The summed E-state index contributed by atoms with van der Waals surface area (Å²) in [6.07, 6.45) is 1.31. The van der Waals surface area contributed by atoms with E-state index in [1.54, 1.807) is 34.4 Å². The van der Waals surface area contributed by atoms with Gasteiger partial charge in [-0.25, -0.2) is 9.78 Å². The van der Waals surface area contributed by atoms with Crippen molar-refractivity contribution in [2.45, 2.75) is 32.1 Å². The van der Waals surface area contributed by atoms with Crippen molar-refractivity contribution in [2.75, 3.05) is 13.6 Å². The Kier molecular flexibility index (Phi) is 4.92. The number of carbonyl (C=O) groups excluding carboxylic acids is 1. The summed E-state index contributed by atoms with van der Waals surface area (Å²) in [4.78, 5) is 17.4. The maximum Gasteiger partial charge on any atom is 0.434 e. The summed E-state index contributed by atoms with van der Waals surface area (Å²) in [5, 5.41) is 6.85. The average Bonchev–Trinajstić information content (AvgIpc) is 3.17. The molecule has 0 aliphatic carbocycles. The number of nitrogens with zero attached hydrogens (tertiary/aromatic N) is 5. The van der Waals surface area contributed by atoms with E-state index in [1.807, 2.05) is 6.20 Å². The van der Waals surface area contributed by atoms with Crippen molar-refractivity contribution in [2.24, 2.45) is 13.0 Å². The van der Waals surface area contributed by atoms with E-state index in [4.69, 9.17) is 0 Å². The van der Waals surface area contributed by atoms with E-state index in [0.717, 1.165) is 11.8 Å². The summed E-state index contributed by atoms with van der Waals surface area (Å²) in [6.45, 7) is 1.28. The van der Waals surface area contributed by atoms with Crippen LogP contribution in [-0.4, -0.2) is 43.9 Å². The molecule has 0 saturated heterocycles. The molecule has 0 saturated carbocycles. The molecule has 2 aromatic heterocycles. The lowest BCUT2D eigenvalue weighted by Gasteiger charge is -2.28. The minimum absolute atomic E-state index is 0.0897. The van der Waals surface area contributed by atoms with Crippen molar-refractivity contribution in [1.82, 2.24) is 29.5 Å². The van der Waals surface area contributed by atoms with Crippen LogP contribution in [-0.2, 0) is 32.7 Å². The van der Waals surface area contributed by atoms with Crippen LogP contribution in [0.25, 0.3) is 0 Å². The summed E-state index contributed by atoms with van der Waals surface area (Å²) in [6, 6.07) is -0.221. The summed E-state index contributed by atoms with van der Waals surface area (Å²) in [7, 11) is 3.48. The fraction of sp³-hybridized carbons (Fsp3) is 0.562. The van der Waals surface area contributed by atoms with Crippen molar-refractivity contribution in [3.8, 4) is 0 Å². The second-order valence-corrected chi connectivity index (χ2v) is 6.66. The molecule has 0 radical (unpaired) electrons. The van der Waals surface area contributed by atoms with Gasteiger partial charge in [0.2, 0.25) is 0 Å². The van der Waals surface area contributed by atoms with Gasteiger partial charge in [0.05, 0.1) is 6.20 Å². The second kappa shape index (κ2) is 7.00. The lowest BCUT2D eigenvalue weighted by molar-refractivity contribution is -0.141. The lowest BCUT2D eigenvalue weighted by Crippen LogP contribution is -2.41. The van der Waals surface area contributed by atoms with Crippen LogP contribution in [0, 0.1) is 5.92 Å². The minimum atomic E-state index is -4.43. The Morgan fingerprint density at radius 3 is 2.85 bits per heavy atom. The number of fused-ring (bicyclic) bond motifs is 1. The van der Waals surface area contributed by atoms with Gasteiger partial charge in [-0.2, -0.15) is 18.3 Å². The van der Waals surface area contributed by atoms with Crippen LogP contribution in [0.15, 0.2) is 18.6 Å². The number of halogens is 3. The lowest BCUT2D eigenvalue weighted by atomic mass is 9.99. The molecule has 3 heterocycles.